The highest BCUT2D eigenvalue weighted by Gasteiger charge is 2.21. The maximum absolute atomic E-state index is 13.2. The molecule has 0 aliphatic carbocycles. The van der Waals surface area contributed by atoms with Gasteiger partial charge in [0.25, 0.3) is 0 Å². The zero-order valence-corrected chi connectivity index (χ0v) is 11.2. The molecule has 2 nitrogen and oxygen atoms in total. The third-order valence-electron chi connectivity index (χ3n) is 3.30. The van der Waals surface area contributed by atoms with Crippen LogP contribution in [-0.2, 0) is 6.42 Å². The summed E-state index contributed by atoms with van der Waals surface area (Å²) >= 11 is 3.27. The third-order valence-corrected chi connectivity index (χ3v) is 3.75. The number of aliphatic hydroxyl groups is 1. The van der Waals surface area contributed by atoms with E-state index in [2.05, 4.69) is 21.2 Å². The molecule has 94 valence electrons. The first kappa shape index (κ1) is 13.0. The molecule has 1 aromatic rings. The Labute approximate surface area is 109 Å². The van der Waals surface area contributed by atoms with E-state index in [1.807, 2.05) is 6.07 Å². The normalized spacial score (nSPS) is 19.2. The first-order valence-corrected chi connectivity index (χ1v) is 6.78. The number of rotatable bonds is 3. The average molecular weight is 302 g/mol. The van der Waals surface area contributed by atoms with Crippen molar-refractivity contribution in [1.29, 1.82) is 0 Å². The Morgan fingerprint density at radius 3 is 2.71 bits per heavy atom. The fourth-order valence-electron chi connectivity index (χ4n) is 2.37. The molecule has 0 amide bonds. The van der Waals surface area contributed by atoms with Crippen molar-refractivity contribution in [2.45, 2.75) is 25.4 Å². The molecule has 4 heteroatoms. The largest absolute Gasteiger partial charge is 0.392 e. The summed E-state index contributed by atoms with van der Waals surface area (Å²) in [7, 11) is 0. The Bertz CT molecular complexity index is 359. The summed E-state index contributed by atoms with van der Waals surface area (Å²) in [4.78, 5) is 0. The van der Waals surface area contributed by atoms with Crippen LogP contribution in [0.2, 0.25) is 0 Å². The van der Waals surface area contributed by atoms with Crippen LogP contribution in [0.1, 0.15) is 18.4 Å². The van der Waals surface area contributed by atoms with Crippen LogP contribution in [0.15, 0.2) is 22.7 Å². The SMILES string of the molecule is OC(Cc1cc(F)cc(Br)c1)C1CCNCC1. The van der Waals surface area contributed by atoms with Crippen molar-refractivity contribution in [2.24, 2.45) is 5.92 Å². The lowest BCUT2D eigenvalue weighted by molar-refractivity contribution is 0.0890. The van der Waals surface area contributed by atoms with Crippen molar-refractivity contribution >= 4 is 15.9 Å². The van der Waals surface area contributed by atoms with E-state index >= 15 is 0 Å². The molecule has 0 spiro atoms. The van der Waals surface area contributed by atoms with Gasteiger partial charge in [-0.2, -0.15) is 0 Å². The van der Waals surface area contributed by atoms with Gasteiger partial charge < -0.3 is 10.4 Å². The number of halogens is 2. The molecule has 2 rings (SSSR count). The summed E-state index contributed by atoms with van der Waals surface area (Å²) in [6.45, 7) is 1.93. The minimum Gasteiger partial charge on any atom is -0.392 e. The van der Waals surface area contributed by atoms with Crippen LogP contribution in [0.5, 0.6) is 0 Å². The molecule has 1 unspecified atom stereocenters. The predicted octanol–water partition coefficient (Wildman–Crippen LogP) is 2.49. The van der Waals surface area contributed by atoms with Crippen LogP contribution in [0, 0.1) is 11.7 Å². The highest BCUT2D eigenvalue weighted by Crippen LogP contribution is 2.22. The van der Waals surface area contributed by atoms with Gasteiger partial charge in [0.15, 0.2) is 0 Å². The van der Waals surface area contributed by atoms with Gasteiger partial charge in [-0.25, -0.2) is 4.39 Å². The minimum atomic E-state index is -0.370. The van der Waals surface area contributed by atoms with Gasteiger partial charge in [0.05, 0.1) is 6.10 Å². The molecular weight excluding hydrogens is 285 g/mol. The van der Waals surface area contributed by atoms with E-state index in [-0.39, 0.29) is 11.9 Å². The lowest BCUT2D eigenvalue weighted by Gasteiger charge is -2.27. The molecule has 2 N–H and O–H groups in total. The number of hydrogen-bond donors (Lipinski definition) is 2. The van der Waals surface area contributed by atoms with E-state index in [0.717, 1.165) is 36.0 Å². The number of aliphatic hydroxyl groups excluding tert-OH is 1. The fourth-order valence-corrected chi connectivity index (χ4v) is 2.88. The molecule has 1 aliphatic rings. The minimum absolute atomic E-state index is 0.258. The van der Waals surface area contributed by atoms with Crippen LogP contribution >= 0.6 is 15.9 Å². The van der Waals surface area contributed by atoms with Crippen LogP contribution in [0.3, 0.4) is 0 Å². The zero-order chi connectivity index (χ0) is 12.3. The van der Waals surface area contributed by atoms with Gasteiger partial charge in [0.2, 0.25) is 0 Å². The number of hydrogen-bond acceptors (Lipinski definition) is 2. The van der Waals surface area contributed by atoms with E-state index in [4.69, 9.17) is 0 Å². The van der Waals surface area contributed by atoms with Crippen LogP contribution in [-0.4, -0.2) is 24.3 Å². The second kappa shape index (κ2) is 5.94. The molecule has 1 heterocycles. The van der Waals surface area contributed by atoms with Crippen molar-refractivity contribution < 1.29 is 9.50 Å². The summed E-state index contributed by atoms with van der Waals surface area (Å²) < 4.78 is 13.9. The lowest BCUT2D eigenvalue weighted by Crippen LogP contribution is -2.35. The Morgan fingerprint density at radius 1 is 1.35 bits per heavy atom. The van der Waals surface area contributed by atoms with Gasteiger partial charge in [-0.3, -0.25) is 0 Å². The molecule has 17 heavy (non-hydrogen) atoms. The second-order valence-electron chi connectivity index (χ2n) is 4.64. The van der Waals surface area contributed by atoms with Gasteiger partial charge >= 0.3 is 0 Å². The molecule has 1 fully saturated rings. The topological polar surface area (TPSA) is 32.3 Å². The maximum Gasteiger partial charge on any atom is 0.124 e. The summed E-state index contributed by atoms with van der Waals surface area (Å²) in [5.41, 5.74) is 0.850. The third kappa shape index (κ3) is 3.76. The predicted molar refractivity (Wildman–Crippen MR) is 69.4 cm³/mol. The van der Waals surface area contributed by atoms with Gasteiger partial charge in [0, 0.05) is 4.47 Å². The fraction of sp³-hybridized carbons (Fsp3) is 0.538. The molecular formula is C13H17BrFNO. The van der Waals surface area contributed by atoms with Gasteiger partial charge in [-0.15, -0.1) is 0 Å². The lowest BCUT2D eigenvalue weighted by atomic mass is 9.89. The molecule has 1 saturated heterocycles. The van der Waals surface area contributed by atoms with E-state index in [1.54, 1.807) is 0 Å². The maximum atomic E-state index is 13.2. The smallest absolute Gasteiger partial charge is 0.124 e. The van der Waals surface area contributed by atoms with Gasteiger partial charge in [0.1, 0.15) is 5.82 Å². The highest BCUT2D eigenvalue weighted by atomic mass is 79.9. The first-order chi connectivity index (χ1) is 8.15. The average Bonchev–Trinajstić information content (AvgIpc) is 2.28. The van der Waals surface area contributed by atoms with Crippen molar-refractivity contribution in [1.82, 2.24) is 5.32 Å². The first-order valence-electron chi connectivity index (χ1n) is 5.99. The highest BCUT2D eigenvalue weighted by molar-refractivity contribution is 9.10. The second-order valence-corrected chi connectivity index (χ2v) is 5.55. The van der Waals surface area contributed by atoms with Crippen molar-refractivity contribution in [3.05, 3.63) is 34.1 Å². The molecule has 0 saturated carbocycles. The molecule has 0 radical (unpaired) electrons. The van der Waals surface area contributed by atoms with Gasteiger partial charge in [-0.1, -0.05) is 15.9 Å². The van der Waals surface area contributed by atoms with E-state index < -0.39 is 0 Å². The van der Waals surface area contributed by atoms with Crippen LogP contribution in [0.25, 0.3) is 0 Å². The monoisotopic (exact) mass is 301 g/mol. The molecule has 0 aromatic heterocycles. The Morgan fingerprint density at radius 2 is 2.06 bits per heavy atom. The zero-order valence-electron chi connectivity index (χ0n) is 9.63. The molecule has 0 bridgehead atoms. The summed E-state index contributed by atoms with van der Waals surface area (Å²) in [6.07, 6.45) is 2.15. The Hall–Kier alpha value is -0.450. The number of nitrogens with one attached hydrogen (secondary N) is 1. The van der Waals surface area contributed by atoms with Crippen molar-refractivity contribution in [3.63, 3.8) is 0 Å². The van der Waals surface area contributed by atoms with E-state index in [9.17, 15) is 9.50 Å². The summed E-state index contributed by atoms with van der Waals surface area (Å²) in [6, 6.07) is 4.79. The number of piperidine rings is 1. The van der Waals surface area contributed by atoms with Crippen LogP contribution < -0.4 is 5.32 Å². The standard InChI is InChI=1S/C13H17BrFNO/c14-11-5-9(6-12(15)8-11)7-13(17)10-1-3-16-4-2-10/h5-6,8,10,13,16-17H,1-4,7H2. The van der Waals surface area contributed by atoms with E-state index in [1.165, 1.54) is 12.1 Å². The Kier molecular flexibility index (Phi) is 4.54. The molecule has 1 aliphatic heterocycles. The summed E-state index contributed by atoms with van der Waals surface area (Å²) in [5, 5.41) is 13.4. The molecule has 1 aromatic carbocycles. The van der Waals surface area contributed by atoms with Crippen molar-refractivity contribution in [2.75, 3.05) is 13.1 Å². The van der Waals surface area contributed by atoms with E-state index in [0.29, 0.717) is 12.3 Å². The number of benzene rings is 1. The Balaban J connectivity index is 1.99. The van der Waals surface area contributed by atoms with Crippen molar-refractivity contribution in [3.8, 4) is 0 Å². The molecule has 1 atom stereocenters. The van der Waals surface area contributed by atoms with Crippen LogP contribution in [0.4, 0.5) is 4.39 Å². The quantitative estimate of drug-likeness (QED) is 0.899. The summed E-state index contributed by atoms with van der Waals surface area (Å²) in [5.74, 6) is 0.0742. The van der Waals surface area contributed by atoms with Gasteiger partial charge in [-0.05, 0) is 62.0 Å².